The van der Waals surface area contributed by atoms with Crippen LogP contribution in [0.2, 0.25) is 0 Å². The lowest BCUT2D eigenvalue weighted by atomic mass is 9.93. The third-order valence-corrected chi connectivity index (χ3v) is 10.8. The number of hydrogen-bond donors (Lipinski definition) is 6. The van der Waals surface area contributed by atoms with Crippen molar-refractivity contribution in [2.24, 2.45) is 21.8 Å². The summed E-state index contributed by atoms with van der Waals surface area (Å²) in [6.07, 6.45) is 7.14. The Balaban J connectivity index is 1.51. The summed E-state index contributed by atoms with van der Waals surface area (Å²) < 4.78 is 12.1. The molecule has 2 aromatic rings. The number of carbonyl (C=O) groups is 2. The van der Waals surface area contributed by atoms with Crippen LogP contribution >= 0.6 is 0 Å². The van der Waals surface area contributed by atoms with Crippen LogP contribution in [0.25, 0.3) is 10.8 Å². The zero-order valence-electron chi connectivity index (χ0n) is 31.3. The topological polar surface area (TPSA) is 194 Å². The maximum atomic E-state index is 14.4. The minimum absolute atomic E-state index is 0.0307. The first-order valence-electron chi connectivity index (χ1n) is 18.6. The predicted molar refractivity (Wildman–Crippen MR) is 198 cm³/mol. The molecule has 0 aromatic heterocycles. The first kappa shape index (κ1) is 38.4. The number of fused-ring (bicyclic) bond motifs is 13. The molecule has 53 heavy (non-hydrogen) atoms. The number of aliphatic hydroxyl groups excluding tert-OH is 3. The van der Waals surface area contributed by atoms with Crippen molar-refractivity contribution in [3.63, 3.8) is 0 Å². The Morgan fingerprint density at radius 3 is 2.40 bits per heavy atom. The molecule has 13 heteroatoms. The van der Waals surface area contributed by atoms with Crippen molar-refractivity contribution in [2.45, 2.75) is 110 Å². The molecule has 3 unspecified atom stereocenters. The van der Waals surface area contributed by atoms with E-state index in [4.69, 9.17) is 19.5 Å². The number of rotatable bonds is 2. The molecule has 5 atom stereocenters. The first-order chi connectivity index (χ1) is 25.0. The standard InChI is InChI=1S/C40H52N4O9/c1-21(2)20-44-15-13-40(14-16-44)42-31-28-29-34(48)24(5)36-30(28)37(50)39(6,53-36)52-17-8-7-12-25(45)18-26(46)19-27(47)22(3)10-9-11-23(4)38(51)41-33(35(29)49)32(31)43-40/h8-11,17,21-22,25-27,45-49H,7,12-16,18-20H2,1-6H3,(H,41,51)/b10-9+,17-8+,23-11-/t22?,25-,26?,27-,39?/m1/s1. The van der Waals surface area contributed by atoms with Crippen molar-refractivity contribution in [1.82, 2.24) is 4.90 Å². The summed E-state index contributed by atoms with van der Waals surface area (Å²) >= 11 is 0. The number of ketones is 1. The van der Waals surface area contributed by atoms with Gasteiger partial charge in [0.15, 0.2) is 11.4 Å². The fourth-order valence-corrected chi connectivity index (χ4v) is 7.63. The molecule has 5 heterocycles. The number of benzene rings is 2. The third-order valence-electron chi connectivity index (χ3n) is 10.8. The third kappa shape index (κ3) is 7.44. The van der Waals surface area contributed by atoms with Crippen molar-refractivity contribution in [2.75, 3.05) is 25.0 Å². The molecular weight excluding hydrogens is 680 g/mol. The highest BCUT2D eigenvalue weighted by atomic mass is 16.7. The van der Waals surface area contributed by atoms with Crippen molar-refractivity contribution in [3.8, 4) is 17.2 Å². The van der Waals surface area contributed by atoms with Gasteiger partial charge in [0.05, 0.1) is 40.9 Å². The zero-order valence-corrected chi connectivity index (χ0v) is 31.3. The number of phenols is 2. The van der Waals surface area contributed by atoms with Crippen molar-refractivity contribution >= 4 is 28.2 Å². The molecule has 7 rings (SSSR count). The SMILES string of the molecule is C/C1=C/C=C/C(C)[C@H](O)CC(O)C[C@H](O)CC/C=C/OC2(C)Oc3c(C)c(O)c4c(O)c(c5c(c4c3C2=O)=NC2(CCN(CC(C)C)CC2)N=5)NC1=O. The van der Waals surface area contributed by atoms with Crippen LogP contribution < -0.4 is 20.8 Å². The van der Waals surface area contributed by atoms with E-state index in [-0.39, 0.29) is 74.1 Å². The van der Waals surface area contributed by atoms with E-state index in [1.165, 1.54) is 13.2 Å². The maximum Gasteiger partial charge on any atom is 0.312 e. The van der Waals surface area contributed by atoms with Crippen LogP contribution in [0.3, 0.4) is 0 Å². The first-order valence-corrected chi connectivity index (χ1v) is 18.6. The number of nitrogens with zero attached hydrogens (tertiary/aromatic N) is 3. The number of allylic oxidation sites excluding steroid dienone is 3. The number of likely N-dealkylation sites (tertiary alicyclic amines) is 1. The van der Waals surface area contributed by atoms with Gasteiger partial charge in [-0.05, 0) is 51.5 Å². The molecule has 1 fully saturated rings. The van der Waals surface area contributed by atoms with Gasteiger partial charge in [-0.1, -0.05) is 39.0 Å². The smallest absolute Gasteiger partial charge is 0.312 e. The second kappa shape index (κ2) is 14.8. The van der Waals surface area contributed by atoms with Gasteiger partial charge in [0.1, 0.15) is 22.5 Å². The lowest BCUT2D eigenvalue weighted by Crippen LogP contribution is -2.43. The Morgan fingerprint density at radius 2 is 1.70 bits per heavy atom. The quantitative estimate of drug-likeness (QED) is 0.247. The maximum absolute atomic E-state index is 14.4. The Bertz CT molecular complexity index is 2010. The summed E-state index contributed by atoms with van der Waals surface area (Å²) in [6.45, 7) is 13.1. The van der Waals surface area contributed by atoms with Gasteiger partial charge in [-0.2, -0.15) is 0 Å². The molecule has 1 amide bonds. The van der Waals surface area contributed by atoms with Gasteiger partial charge in [-0.25, -0.2) is 0 Å². The number of aliphatic hydroxyl groups is 3. The number of phenolic OH excluding ortho intramolecular Hbond substituents is 2. The number of nitrogens with one attached hydrogen (secondary N) is 1. The molecular formula is C40H52N4O9. The number of carbonyl (C=O) groups excluding carboxylic acids is 2. The summed E-state index contributed by atoms with van der Waals surface area (Å²) in [5.74, 6) is -3.53. The van der Waals surface area contributed by atoms with Gasteiger partial charge in [0.2, 0.25) is 0 Å². The minimum Gasteiger partial charge on any atom is -0.507 e. The largest absolute Gasteiger partial charge is 0.507 e. The second-order valence-electron chi connectivity index (χ2n) is 15.6. The molecule has 1 spiro atoms. The van der Waals surface area contributed by atoms with Gasteiger partial charge in [-0.15, -0.1) is 0 Å². The van der Waals surface area contributed by atoms with Crippen LogP contribution in [-0.4, -0.2) is 91.5 Å². The van der Waals surface area contributed by atoms with E-state index in [2.05, 4.69) is 24.1 Å². The lowest BCUT2D eigenvalue weighted by molar-refractivity contribution is -0.112. The summed E-state index contributed by atoms with van der Waals surface area (Å²) in [7, 11) is 0. The molecule has 13 nitrogen and oxygen atoms in total. The van der Waals surface area contributed by atoms with Crippen LogP contribution in [0.5, 0.6) is 17.2 Å². The number of Topliss-reactive ketones (excluding diaryl/α,β-unsaturated/α-hetero) is 1. The second-order valence-corrected chi connectivity index (χ2v) is 15.6. The van der Waals surface area contributed by atoms with E-state index in [0.29, 0.717) is 31.6 Å². The molecule has 0 aliphatic carbocycles. The minimum atomic E-state index is -1.83. The lowest BCUT2D eigenvalue weighted by Gasteiger charge is -2.36. The predicted octanol–water partition coefficient (Wildman–Crippen LogP) is 3.82. The van der Waals surface area contributed by atoms with E-state index in [0.717, 1.165) is 19.6 Å². The highest BCUT2D eigenvalue weighted by Gasteiger charge is 2.50. The molecule has 5 aliphatic rings. The van der Waals surface area contributed by atoms with Gasteiger partial charge in [-0.3, -0.25) is 19.6 Å². The molecule has 0 saturated carbocycles. The van der Waals surface area contributed by atoms with E-state index >= 15 is 0 Å². The average molecular weight is 733 g/mol. The zero-order chi connectivity index (χ0) is 38.4. The van der Waals surface area contributed by atoms with Crippen LogP contribution in [0.1, 0.15) is 89.1 Å². The number of amides is 1. The van der Waals surface area contributed by atoms with E-state index in [1.54, 1.807) is 45.1 Å². The van der Waals surface area contributed by atoms with Crippen LogP contribution in [0.4, 0.5) is 5.69 Å². The Hall–Kier alpha value is -4.30. The van der Waals surface area contributed by atoms with Crippen LogP contribution in [-0.2, 0) is 9.53 Å². The molecule has 0 radical (unpaired) electrons. The number of ether oxygens (including phenoxy) is 2. The Labute approximate surface area is 309 Å². The highest BCUT2D eigenvalue weighted by molar-refractivity contribution is 6.19. The Kier molecular flexibility index (Phi) is 10.8. The normalized spacial score (nSPS) is 30.3. The monoisotopic (exact) mass is 732 g/mol. The fraction of sp³-hybridized carbons (Fsp3) is 0.550. The number of aromatic hydroxyl groups is 2. The van der Waals surface area contributed by atoms with Crippen molar-refractivity contribution in [1.29, 1.82) is 0 Å². The van der Waals surface area contributed by atoms with Gasteiger partial charge in [0, 0.05) is 61.8 Å². The fourth-order valence-electron chi connectivity index (χ4n) is 7.63. The molecule has 2 aromatic carbocycles. The molecule has 1 saturated heterocycles. The molecule has 5 bridgehead atoms. The highest BCUT2D eigenvalue weighted by Crippen LogP contribution is 2.49. The van der Waals surface area contributed by atoms with Crippen LogP contribution in [0.15, 0.2) is 46.1 Å². The number of piperidine rings is 1. The Morgan fingerprint density at radius 1 is 1.00 bits per heavy atom. The summed E-state index contributed by atoms with van der Waals surface area (Å²) in [6, 6.07) is 0. The van der Waals surface area contributed by atoms with E-state index < -0.39 is 47.2 Å². The van der Waals surface area contributed by atoms with Gasteiger partial charge < -0.3 is 45.2 Å². The van der Waals surface area contributed by atoms with Crippen molar-refractivity contribution < 1.29 is 44.6 Å². The number of hydrogen-bond acceptors (Lipinski definition) is 12. The van der Waals surface area contributed by atoms with Gasteiger partial charge in [0.25, 0.3) is 11.7 Å². The molecule has 286 valence electrons. The summed E-state index contributed by atoms with van der Waals surface area (Å²) in [5.41, 5.74) is -0.390. The van der Waals surface area contributed by atoms with Crippen LogP contribution in [0, 0.1) is 18.8 Å². The van der Waals surface area contributed by atoms with Crippen molar-refractivity contribution in [3.05, 3.63) is 58.0 Å². The summed E-state index contributed by atoms with van der Waals surface area (Å²) in [5, 5.41) is 58.8. The van der Waals surface area contributed by atoms with E-state index in [1.807, 2.05) is 0 Å². The van der Waals surface area contributed by atoms with Gasteiger partial charge >= 0.3 is 5.79 Å². The van der Waals surface area contributed by atoms with E-state index in [9.17, 15) is 35.1 Å². The average Bonchev–Trinajstić information content (AvgIpc) is 3.59. The summed E-state index contributed by atoms with van der Waals surface area (Å²) in [4.78, 5) is 40.6. The molecule has 6 N–H and O–H groups in total. The number of anilines is 1. The molecule has 5 aliphatic heterocycles.